The number of aliphatic carboxylic acids is 1. The second-order valence-electron chi connectivity index (χ2n) is 28.2. The average Bonchev–Trinajstić information content (AvgIpc) is 0.753. The molecule has 3 rings (SSSR count). The van der Waals surface area contributed by atoms with Gasteiger partial charge in [-0.25, -0.2) is 4.79 Å². The maximum atomic E-state index is 13.5. The Bertz CT molecular complexity index is 2130. The van der Waals surface area contributed by atoms with Crippen LogP contribution in [0, 0.1) is 0 Å². The SMILES string of the molecule is CCCCCCCCCCC/C=C\C/C=C\CCCCCCCCCCCCCCCCCC(=O)NC(COC1OC(CO)C(OC2OC(CO)C(O)C(OC3(C(=O)O)CC(O)C(NC(C)=O)C(C(O)C(O)CO)O3)C2O)C(O)C1O)C(O)/C=C/CCCCCCCCCCCCCC. The number of carbonyl (C=O) groups is 3. The summed E-state index contributed by atoms with van der Waals surface area (Å²) in [4.78, 5) is 38.6. The van der Waals surface area contributed by atoms with Crippen LogP contribution in [0.15, 0.2) is 36.5 Å². The first-order valence-corrected chi connectivity index (χ1v) is 38.9. The van der Waals surface area contributed by atoms with E-state index in [0.29, 0.717) is 12.8 Å². The van der Waals surface area contributed by atoms with E-state index < -0.39 is 155 Å². The van der Waals surface area contributed by atoms with Crippen molar-refractivity contribution in [1.29, 1.82) is 0 Å². The first-order valence-electron chi connectivity index (χ1n) is 38.9. The van der Waals surface area contributed by atoms with Crippen molar-refractivity contribution >= 4 is 17.8 Å². The molecule has 14 N–H and O–H groups in total. The highest BCUT2D eigenvalue weighted by Gasteiger charge is 2.60. The molecule has 3 heterocycles. The van der Waals surface area contributed by atoms with Gasteiger partial charge in [0.2, 0.25) is 11.8 Å². The average molecular weight is 1420 g/mol. The van der Waals surface area contributed by atoms with Crippen molar-refractivity contribution in [2.45, 2.75) is 400 Å². The molecule has 3 saturated heterocycles. The molecule has 0 aromatic rings. The summed E-state index contributed by atoms with van der Waals surface area (Å²) in [6.07, 6.45) is 32.0. The van der Waals surface area contributed by atoms with Crippen LogP contribution < -0.4 is 10.6 Å². The van der Waals surface area contributed by atoms with Crippen molar-refractivity contribution in [2.24, 2.45) is 0 Å². The van der Waals surface area contributed by atoms with E-state index in [4.69, 9.17) is 28.4 Å². The van der Waals surface area contributed by atoms with Gasteiger partial charge in [-0.2, -0.15) is 0 Å². The standard InChI is InChI=1S/C76H138N2O21/c1-4-6-8-10-12-14-16-18-20-21-22-23-24-25-26-27-28-29-30-31-32-33-34-35-36-38-40-42-44-46-48-50-63(86)78-57(58(83)49-47-45-43-41-39-37-19-17-15-13-11-9-7-5-2)55-94-73-68(90)67(89)70(62(54-81)96-73)97-74-69(91)72(66(88)61(53-80)95-74)99-76(75(92)93)51-59(84)64(77-56(3)82)71(98-76)65(87)60(85)52-79/h22-23,25-26,47,49,57-62,64-74,79-81,83-85,87-91H,4-21,24,27-46,48,50-55H2,1-3H3,(H,77,82)(H,78,86)(H,92,93)/b23-22-,26-25-,49-47+. The lowest BCUT2D eigenvalue weighted by atomic mass is 9.88. The third-order valence-corrected chi connectivity index (χ3v) is 19.6. The second kappa shape index (κ2) is 55.4. The van der Waals surface area contributed by atoms with Crippen LogP contribution in [0.1, 0.15) is 290 Å². The minimum absolute atomic E-state index is 0.200. The molecule has 23 nitrogen and oxygen atoms in total. The topological polar surface area (TPSA) is 373 Å². The third kappa shape index (κ3) is 36.5. The van der Waals surface area contributed by atoms with Crippen molar-refractivity contribution in [3.05, 3.63) is 36.5 Å². The Balaban J connectivity index is 1.48. The number of aliphatic hydroxyl groups is 11. The van der Waals surface area contributed by atoms with Crippen molar-refractivity contribution in [3.63, 3.8) is 0 Å². The molecule has 3 aliphatic rings. The maximum absolute atomic E-state index is 13.5. The van der Waals surface area contributed by atoms with Gasteiger partial charge >= 0.3 is 5.97 Å². The van der Waals surface area contributed by atoms with E-state index in [0.717, 1.165) is 58.3 Å². The summed E-state index contributed by atoms with van der Waals surface area (Å²) in [5.74, 6) is -6.14. The largest absolute Gasteiger partial charge is 0.477 e. The van der Waals surface area contributed by atoms with Gasteiger partial charge in [0.15, 0.2) is 12.6 Å². The number of nitrogens with one attached hydrogen (secondary N) is 2. The zero-order valence-electron chi connectivity index (χ0n) is 60.8. The molecule has 18 atom stereocenters. The molecule has 99 heavy (non-hydrogen) atoms. The normalized spacial score (nSPS) is 27.3. The second-order valence-corrected chi connectivity index (χ2v) is 28.2. The Morgan fingerprint density at radius 1 is 0.535 bits per heavy atom. The van der Waals surface area contributed by atoms with Crippen LogP contribution in [0.5, 0.6) is 0 Å². The monoisotopic (exact) mass is 1410 g/mol. The summed E-state index contributed by atoms with van der Waals surface area (Å²) in [5, 5.41) is 136. The molecule has 18 unspecified atom stereocenters. The van der Waals surface area contributed by atoms with E-state index in [1.807, 2.05) is 6.08 Å². The number of hydrogen-bond acceptors (Lipinski definition) is 20. The predicted octanol–water partition coefficient (Wildman–Crippen LogP) is 9.35. The van der Waals surface area contributed by atoms with Crippen LogP contribution >= 0.6 is 0 Å². The summed E-state index contributed by atoms with van der Waals surface area (Å²) in [6.45, 7) is 2.15. The van der Waals surface area contributed by atoms with Crippen molar-refractivity contribution < 1.29 is 104 Å². The minimum Gasteiger partial charge on any atom is -0.477 e. The fourth-order valence-corrected chi connectivity index (χ4v) is 13.4. The van der Waals surface area contributed by atoms with Crippen LogP contribution in [0.25, 0.3) is 0 Å². The van der Waals surface area contributed by atoms with Gasteiger partial charge in [0.1, 0.15) is 67.1 Å². The molecule has 0 spiro atoms. The van der Waals surface area contributed by atoms with Gasteiger partial charge < -0.3 is 100 Å². The number of aliphatic hydroxyl groups excluding tert-OH is 11. The van der Waals surface area contributed by atoms with Crippen LogP contribution in [-0.2, 0) is 42.8 Å². The van der Waals surface area contributed by atoms with E-state index in [-0.39, 0.29) is 12.3 Å². The summed E-state index contributed by atoms with van der Waals surface area (Å²) >= 11 is 0. The van der Waals surface area contributed by atoms with Crippen LogP contribution in [0.2, 0.25) is 0 Å². The molecule has 2 amide bonds. The number of rotatable bonds is 60. The fraction of sp³-hybridized carbons (Fsp3) is 0.882. The lowest BCUT2D eigenvalue weighted by Gasteiger charge is -2.50. The third-order valence-electron chi connectivity index (χ3n) is 19.6. The lowest BCUT2D eigenvalue weighted by molar-refractivity contribution is -0.386. The van der Waals surface area contributed by atoms with Crippen LogP contribution in [0.3, 0.4) is 0 Å². The molecular formula is C76H138N2O21. The summed E-state index contributed by atoms with van der Waals surface area (Å²) in [5.41, 5.74) is 0. The van der Waals surface area contributed by atoms with Gasteiger partial charge in [-0.05, 0) is 51.4 Å². The van der Waals surface area contributed by atoms with E-state index in [9.17, 15) is 75.7 Å². The van der Waals surface area contributed by atoms with Gasteiger partial charge in [-0.1, -0.05) is 256 Å². The highest BCUT2D eigenvalue weighted by Crippen LogP contribution is 2.39. The fourth-order valence-electron chi connectivity index (χ4n) is 13.4. The zero-order chi connectivity index (χ0) is 72.5. The first kappa shape index (κ1) is 90.2. The molecule has 0 aromatic heterocycles. The number of allylic oxidation sites excluding steroid dienone is 5. The van der Waals surface area contributed by atoms with Gasteiger partial charge in [-0.3, -0.25) is 9.59 Å². The molecular weight excluding hydrogens is 1280 g/mol. The van der Waals surface area contributed by atoms with E-state index >= 15 is 0 Å². The van der Waals surface area contributed by atoms with Crippen molar-refractivity contribution in [2.75, 3.05) is 26.4 Å². The summed E-state index contributed by atoms with van der Waals surface area (Å²) in [6, 6.07) is -2.62. The Kier molecular flexibility index (Phi) is 50.5. The van der Waals surface area contributed by atoms with Gasteiger partial charge in [-0.15, -0.1) is 0 Å². The quantitative estimate of drug-likeness (QED) is 0.0199. The molecule has 0 bridgehead atoms. The maximum Gasteiger partial charge on any atom is 0.364 e. The van der Waals surface area contributed by atoms with Gasteiger partial charge in [0.25, 0.3) is 5.79 Å². The highest BCUT2D eigenvalue weighted by molar-refractivity contribution is 5.77. The predicted molar refractivity (Wildman–Crippen MR) is 380 cm³/mol. The van der Waals surface area contributed by atoms with Gasteiger partial charge in [0.05, 0.1) is 50.7 Å². The number of carbonyl (C=O) groups excluding carboxylic acids is 2. The first-order chi connectivity index (χ1) is 47.9. The Morgan fingerprint density at radius 3 is 1.42 bits per heavy atom. The van der Waals surface area contributed by atoms with E-state index in [1.165, 1.54) is 193 Å². The number of amides is 2. The van der Waals surface area contributed by atoms with Crippen LogP contribution in [0.4, 0.5) is 0 Å². The smallest absolute Gasteiger partial charge is 0.364 e. The van der Waals surface area contributed by atoms with E-state index in [1.54, 1.807) is 6.08 Å². The van der Waals surface area contributed by atoms with Crippen molar-refractivity contribution in [3.8, 4) is 0 Å². The molecule has 578 valence electrons. The molecule has 0 aromatic carbocycles. The van der Waals surface area contributed by atoms with Gasteiger partial charge in [0, 0.05) is 19.8 Å². The molecule has 3 fully saturated rings. The van der Waals surface area contributed by atoms with Crippen LogP contribution in [-0.4, -0.2) is 215 Å². The lowest BCUT2D eigenvalue weighted by Crippen LogP contribution is -2.70. The number of carboxylic acid groups (broad SMARTS) is 1. The number of hydrogen-bond donors (Lipinski definition) is 14. The Morgan fingerprint density at radius 2 is 0.980 bits per heavy atom. The molecule has 0 aliphatic carbocycles. The molecule has 0 radical (unpaired) electrons. The highest BCUT2D eigenvalue weighted by atomic mass is 16.8. The Hall–Kier alpha value is -3.05. The number of ether oxygens (including phenoxy) is 6. The molecule has 0 saturated carbocycles. The molecule has 23 heteroatoms. The Labute approximate surface area is 593 Å². The molecule has 3 aliphatic heterocycles. The van der Waals surface area contributed by atoms with Crippen molar-refractivity contribution in [1.82, 2.24) is 10.6 Å². The summed E-state index contributed by atoms with van der Waals surface area (Å²) < 4.78 is 34.8. The summed E-state index contributed by atoms with van der Waals surface area (Å²) in [7, 11) is 0. The zero-order valence-corrected chi connectivity index (χ0v) is 60.8. The number of carboxylic acids is 1. The van der Waals surface area contributed by atoms with E-state index in [2.05, 4.69) is 48.8 Å². The number of unbranched alkanes of at least 4 members (excludes halogenated alkanes) is 36. The minimum atomic E-state index is -3.08.